The Morgan fingerprint density at radius 1 is 1.00 bits per heavy atom. The van der Waals surface area contributed by atoms with E-state index in [-0.39, 0.29) is 17.4 Å². The summed E-state index contributed by atoms with van der Waals surface area (Å²) in [6, 6.07) is 8.78. The number of nitrogens with one attached hydrogen (secondary N) is 3. The van der Waals surface area contributed by atoms with Gasteiger partial charge in [-0.25, -0.2) is 9.97 Å². The Labute approximate surface area is 147 Å². The van der Waals surface area contributed by atoms with Crippen molar-refractivity contribution in [2.24, 2.45) is 0 Å². The van der Waals surface area contributed by atoms with Crippen LogP contribution >= 0.6 is 0 Å². The summed E-state index contributed by atoms with van der Waals surface area (Å²) in [6.07, 6.45) is 0. The molecule has 7 heteroatoms. The van der Waals surface area contributed by atoms with Gasteiger partial charge in [0.1, 0.15) is 5.69 Å². The van der Waals surface area contributed by atoms with Crippen LogP contribution in [0.15, 0.2) is 30.3 Å². The van der Waals surface area contributed by atoms with Crippen LogP contribution in [0.1, 0.15) is 43.9 Å². The molecule has 1 aromatic heterocycles. The fraction of sp³-hybridized carbons (Fsp3) is 0.333. The van der Waals surface area contributed by atoms with Crippen LogP contribution < -0.4 is 16.0 Å². The highest BCUT2D eigenvalue weighted by molar-refractivity contribution is 5.93. The maximum absolute atomic E-state index is 12.3. The minimum Gasteiger partial charge on any atom is -0.346 e. The molecule has 0 unspecified atom stereocenters. The lowest BCUT2D eigenvalue weighted by atomic mass is 10.1. The van der Waals surface area contributed by atoms with Crippen molar-refractivity contribution in [1.29, 1.82) is 0 Å². The molecule has 7 nitrogen and oxygen atoms in total. The van der Waals surface area contributed by atoms with Crippen LogP contribution in [0.4, 0.5) is 17.3 Å². The molecule has 132 valence electrons. The van der Waals surface area contributed by atoms with Crippen LogP contribution in [0.3, 0.4) is 0 Å². The molecule has 2 rings (SSSR count). The van der Waals surface area contributed by atoms with Crippen LogP contribution in [-0.4, -0.2) is 27.3 Å². The summed E-state index contributed by atoms with van der Waals surface area (Å²) in [5, 5.41) is 8.65. The van der Waals surface area contributed by atoms with Crippen molar-refractivity contribution in [2.45, 2.75) is 40.2 Å². The molecule has 0 saturated heterocycles. The second-order valence-corrected chi connectivity index (χ2v) is 6.81. The third-order valence-corrected chi connectivity index (χ3v) is 3.04. The molecule has 3 N–H and O–H groups in total. The molecular weight excluding hydrogens is 318 g/mol. The van der Waals surface area contributed by atoms with Crippen LogP contribution in [0, 0.1) is 6.92 Å². The lowest BCUT2D eigenvalue weighted by molar-refractivity contribution is -0.114. The number of anilines is 3. The molecule has 2 aromatic rings. The van der Waals surface area contributed by atoms with Gasteiger partial charge in [-0.1, -0.05) is 0 Å². The summed E-state index contributed by atoms with van der Waals surface area (Å²) < 4.78 is 0. The molecule has 0 aliphatic rings. The van der Waals surface area contributed by atoms with Gasteiger partial charge in [0.15, 0.2) is 0 Å². The zero-order valence-electron chi connectivity index (χ0n) is 15.1. The largest absolute Gasteiger partial charge is 0.346 e. The molecule has 2 amide bonds. The third-order valence-electron chi connectivity index (χ3n) is 3.04. The number of hydrogen-bond donors (Lipinski definition) is 3. The van der Waals surface area contributed by atoms with Crippen molar-refractivity contribution in [3.8, 4) is 0 Å². The second-order valence-electron chi connectivity index (χ2n) is 6.81. The van der Waals surface area contributed by atoms with Gasteiger partial charge in [0.25, 0.3) is 5.91 Å². The fourth-order valence-corrected chi connectivity index (χ4v) is 2.11. The maximum atomic E-state index is 12.3. The number of aromatic nitrogens is 2. The molecule has 0 saturated carbocycles. The van der Waals surface area contributed by atoms with Crippen LogP contribution in [0.5, 0.6) is 0 Å². The standard InChI is InChI=1S/C18H23N5O2/c1-11-10-15(16(25)23-18(3,4)5)22-17(19-11)21-14-8-6-13(7-9-14)20-12(2)24/h6-10H,1-5H3,(H,20,24)(H,23,25)(H,19,21,22). The van der Waals surface area contributed by atoms with E-state index in [0.29, 0.717) is 23.0 Å². The van der Waals surface area contributed by atoms with E-state index in [1.54, 1.807) is 37.3 Å². The Balaban J connectivity index is 2.17. The quantitative estimate of drug-likeness (QED) is 0.794. The highest BCUT2D eigenvalue weighted by Gasteiger charge is 2.17. The van der Waals surface area contributed by atoms with Gasteiger partial charge in [0.05, 0.1) is 0 Å². The normalized spacial score (nSPS) is 10.9. The van der Waals surface area contributed by atoms with E-state index in [4.69, 9.17) is 0 Å². The summed E-state index contributed by atoms with van der Waals surface area (Å²) in [4.78, 5) is 31.9. The molecule has 1 aromatic carbocycles. The predicted octanol–water partition coefficient (Wildman–Crippen LogP) is 3.02. The SMILES string of the molecule is CC(=O)Nc1ccc(Nc2nc(C)cc(C(=O)NC(C)(C)C)n2)cc1. The van der Waals surface area contributed by atoms with Crippen molar-refractivity contribution >= 4 is 29.1 Å². The molecule has 1 heterocycles. The second kappa shape index (κ2) is 7.29. The van der Waals surface area contributed by atoms with Gasteiger partial charge in [-0.15, -0.1) is 0 Å². The van der Waals surface area contributed by atoms with Gasteiger partial charge >= 0.3 is 0 Å². The number of rotatable bonds is 4. The smallest absolute Gasteiger partial charge is 0.270 e. The van der Waals surface area contributed by atoms with Crippen molar-refractivity contribution < 1.29 is 9.59 Å². The Morgan fingerprint density at radius 2 is 1.60 bits per heavy atom. The average Bonchev–Trinajstić information content (AvgIpc) is 2.46. The minimum absolute atomic E-state index is 0.128. The van der Waals surface area contributed by atoms with E-state index in [1.807, 2.05) is 20.8 Å². The van der Waals surface area contributed by atoms with Gasteiger partial charge in [0.2, 0.25) is 11.9 Å². The van der Waals surface area contributed by atoms with Crippen LogP contribution in [0.25, 0.3) is 0 Å². The first-order valence-electron chi connectivity index (χ1n) is 7.95. The number of nitrogens with zero attached hydrogens (tertiary/aromatic N) is 2. The predicted molar refractivity (Wildman–Crippen MR) is 98.0 cm³/mol. The van der Waals surface area contributed by atoms with Crippen LogP contribution in [0.2, 0.25) is 0 Å². The molecule has 0 atom stereocenters. The number of aryl methyl sites for hydroxylation is 1. The summed E-state index contributed by atoms with van der Waals surface area (Å²) in [7, 11) is 0. The van der Waals surface area contributed by atoms with E-state index in [9.17, 15) is 9.59 Å². The monoisotopic (exact) mass is 341 g/mol. The van der Waals surface area contributed by atoms with Crippen LogP contribution in [-0.2, 0) is 4.79 Å². The Morgan fingerprint density at radius 3 is 2.16 bits per heavy atom. The van der Waals surface area contributed by atoms with Crippen molar-refractivity contribution in [3.05, 3.63) is 41.7 Å². The Bertz CT molecular complexity index is 779. The fourth-order valence-electron chi connectivity index (χ4n) is 2.11. The highest BCUT2D eigenvalue weighted by atomic mass is 16.2. The van der Waals surface area contributed by atoms with E-state index in [2.05, 4.69) is 25.9 Å². The van der Waals surface area contributed by atoms with E-state index in [1.165, 1.54) is 6.92 Å². The molecule has 0 aliphatic heterocycles. The van der Waals surface area contributed by atoms with Crippen molar-refractivity contribution in [1.82, 2.24) is 15.3 Å². The Hall–Kier alpha value is -2.96. The third kappa shape index (κ3) is 5.87. The lowest BCUT2D eigenvalue weighted by Crippen LogP contribution is -2.41. The molecule has 0 aliphatic carbocycles. The number of benzene rings is 1. The van der Waals surface area contributed by atoms with Gasteiger partial charge in [-0.2, -0.15) is 0 Å². The minimum atomic E-state index is -0.344. The molecule has 0 spiro atoms. The Kier molecular flexibility index (Phi) is 5.36. The first-order chi connectivity index (χ1) is 11.6. The van der Waals surface area contributed by atoms with Crippen molar-refractivity contribution in [3.63, 3.8) is 0 Å². The van der Waals surface area contributed by atoms with E-state index < -0.39 is 0 Å². The topological polar surface area (TPSA) is 96.0 Å². The summed E-state index contributed by atoms with van der Waals surface area (Å²) in [5.74, 6) is -0.0365. The number of carbonyl (C=O) groups excluding carboxylic acids is 2. The van der Waals surface area contributed by atoms with Gasteiger partial charge in [-0.3, -0.25) is 9.59 Å². The molecule has 0 fully saturated rings. The summed E-state index contributed by atoms with van der Waals surface area (Å²) >= 11 is 0. The number of carbonyl (C=O) groups is 2. The van der Waals surface area contributed by atoms with E-state index in [0.717, 1.165) is 5.69 Å². The lowest BCUT2D eigenvalue weighted by Gasteiger charge is -2.20. The first kappa shape index (κ1) is 18.4. The maximum Gasteiger partial charge on any atom is 0.270 e. The zero-order valence-corrected chi connectivity index (χ0v) is 15.1. The number of amides is 2. The molecule has 0 radical (unpaired) electrons. The summed E-state index contributed by atoms with van der Waals surface area (Å²) in [5.41, 5.74) is 2.10. The average molecular weight is 341 g/mol. The highest BCUT2D eigenvalue weighted by Crippen LogP contribution is 2.17. The van der Waals surface area contributed by atoms with E-state index >= 15 is 0 Å². The van der Waals surface area contributed by atoms with Crippen molar-refractivity contribution in [2.75, 3.05) is 10.6 Å². The summed E-state index contributed by atoms with van der Waals surface area (Å²) in [6.45, 7) is 9.00. The molecular formula is C18H23N5O2. The first-order valence-corrected chi connectivity index (χ1v) is 7.95. The zero-order chi connectivity index (χ0) is 18.6. The molecule has 25 heavy (non-hydrogen) atoms. The number of hydrogen-bond acceptors (Lipinski definition) is 5. The van der Waals surface area contributed by atoms with Gasteiger partial charge in [0, 0.05) is 29.5 Å². The molecule has 0 bridgehead atoms. The van der Waals surface area contributed by atoms with Gasteiger partial charge < -0.3 is 16.0 Å². The van der Waals surface area contributed by atoms with Gasteiger partial charge in [-0.05, 0) is 58.0 Å².